The molecule has 0 bridgehead atoms. The predicted octanol–water partition coefficient (Wildman–Crippen LogP) is 1.94. The van der Waals surface area contributed by atoms with Crippen molar-refractivity contribution in [2.45, 2.75) is 28.9 Å². The summed E-state index contributed by atoms with van der Waals surface area (Å²) in [6.07, 6.45) is 1.99. The summed E-state index contributed by atoms with van der Waals surface area (Å²) >= 11 is 1.30. The van der Waals surface area contributed by atoms with E-state index in [1.807, 2.05) is 0 Å². The molecule has 0 saturated heterocycles. The van der Waals surface area contributed by atoms with Crippen molar-refractivity contribution in [3.05, 3.63) is 34.2 Å². The Hall–Kier alpha value is -2.20. The number of benzene rings is 1. The van der Waals surface area contributed by atoms with E-state index in [-0.39, 0.29) is 11.7 Å². The van der Waals surface area contributed by atoms with Gasteiger partial charge in [0, 0.05) is 10.9 Å². The maximum atomic E-state index is 11.7. The zero-order chi connectivity index (χ0) is 14.1. The first-order valence-corrected chi connectivity index (χ1v) is 6.97. The van der Waals surface area contributed by atoms with Gasteiger partial charge in [0.05, 0.1) is 12.7 Å². The van der Waals surface area contributed by atoms with E-state index < -0.39 is 0 Å². The molecule has 0 aliphatic heterocycles. The Bertz CT molecular complexity index is 740. The maximum Gasteiger partial charge on any atom is 0.344 e. The summed E-state index contributed by atoms with van der Waals surface area (Å²) in [6.45, 7) is 0. The lowest BCUT2D eigenvalue weighted by Gasteiger charge is -2.07. The topological polar surface area (TPSA) is 83.7 Å². The summed E-state index contributed by atoms with van der Waals surface area (Å²) < 4.78 is 6.83. The van der Waals surface area contributed by atoms with Crippen molar-refractivity contribution in [2.75, 3.05) is 7.11 Å². The van der Waals surface area contributed by atoms with Crippen LogP contribution in [0.3, 0.4) is 0 Å². The SMILES string of the molecule is COc1ccc(C#N)c(Sc2n[nH]c(=O)n2C2CC2)c1. The van der Waals surface area contributed by atoms with E-state index >= 15 is 0 Å². The lowest BCUT2D eigenvalue weighted by Crippen LogP contribution is -2.16. The highest BCUT2D eigenvalue weighted by molar-refractivity contribution is 7.99. The average molecular weight is 288 g/mol. The summed E-state index contributed by atoms with van der Waals surface area (Å²) in [5.74, 6) is 0.669. The van der Waals surface area contributed by atoms with Crippen LogP contribution in [0, 0.1) is 11.3 Å². The van der Waals surface area contributed by atoms with Crippen molar-refractivity contribution in [3.8, 4) is 11.8 Å². The molecule has 2 aromatic rings. The second-order valence-corrected chi connectivity index (χ2v) is 5.50. The van der Waals surface area contributed by atoms with E-state index in [4.69, 9.17) is 10.00 Å². The molecule has 1 aromatic carbocycles. The molecule has 0 spiro atoms. The second-order valence-electron chi connectivity index (χ2n) is 4.49. The van der Waals surface area contributed by atoms with Crippen molar-refractivity contribution < 1.29 is 4.74 Å². The van der Waals surface area contributed by atoms with Crippen LogP contribution in [0.4, 0.5) is 0 Å². The van der Waals surface area contributed by atoms with Gasteiger partial charge in [-0.1, -0.05) is 0 Å². The molecule has 1 fully saturated rings. The summed E-state index contributed by atoms with van der Waals surface area (Å²) in [6, 6.07) is 7.59. The van der Waals surface area contributed by atoms with Crippen LogP contribution in [0.2, 0.25) is 0 Å². The van der Waals surface area contributed by atoms with Crippen LogP contribution in [-0.2, 0) is 0 Å². The van der Waals surface area contributed by atoms with Gasteiger partial charge in [-0.2, -0.15) is 5.26 Å². The van der Waals surface area contributed by atoms with Gasteiger partial charge in [0.2, 0.25) is 0 Å². The van der Waals surface area contributed by atoms with Gasteiger partial charge >= 0.3 is 5.69 Å². The highest BCUT2D eigenvalue weighted by atomic mass is 32.2. The zero-order valence-electron chi connectivity index (χ0n) is 10.8. The average Bonchev–Trinajstić information content (AvgIpc) is 3.23. The quantitative estimate of drug-likeness (QED) is 0.929. The van der Waals surface area contributed by atoms with E-state index in [2.05, 4.69) is 16.3 Å². The molecule has 0 unspecified atom stereocenters. The predicted molar refractivity (Wildman–Crippen MR) is 73.0 cm³/mol. The molecule has 1 N–H and O–H groups in total. The lowest BCUT2D eigenvalue weighted by molar-refractivity contribution is 0.413. The summed E-state index contributed by atoms with van der Waals surface area (Å²) in [4.78, 5) is 12.5. The lowest BCUT2D eigenvalue weighted by atomic mass is 10.2. The number of hydrogen-bond acceptors (Lipinski definition) is 5. The molecule has 0 atom stereocenters. The highest BCUT2D eigenvalue weighted by Gasteiger charge is 2.29. The van der Waals surface area contributed by atoms with Gasteiger partial charge in [0.15, 0.2) is 5.16 Å². The van der Waals surface area contributed by atoms with Crippen LogP contribution >= 0.6 is 11.8 Å². The molecule has 0 amide bonds. The number of ether oxygens (including phenoxy) is 1. The van der Waals surface area contributed by atoms with Gasteiger partial charge < -0.3 is 4.74 Å². The highest BCUT2D eigenvalue weighted by Crippen LogP contribution is 2.38. The van der Waals surface area contributed by atoms with Crippen LogP contribution in [-0.4, -0.2) is 21.9 Å². The van der Waals surface area contributed by atoms with Crippen molar-refractivity contribution in [3.63, 3.8) is 0 Å². The second kappa shape index (κ2) is 5.06. The summed E-state index contributed by atoms with van der Waals surface area (Å²) in [7, 11) is 1.57. The Morgan fingerprint density at radius 2 is 2.35 bits per heavy atom. The van der Waals surface area contributed by atoms with Crippen molar-refractivity contribution in [1.82, 2.24) is 14.8 Å². The number of methoxy groups -OCH3 is 1. The largest absolute Gasteiger partial charge is 0.497 e. The van der Waals surface area contributed by atoms with Crippen LogP contribution in [0.25, 0.3) is 0 Å². The van der Waals surface area contributed by atoms with Gasteiger partial charge in [0.25, 0.3) is 0 Å². The van der Waals surface area contributed by atoms with Gasteiger partial charge in [-0.15, -0.1) is 5.10 Å². The normalized spacial score (nSPS) is 14.0. The molecule has 1 saturated carbocycles. The number of nitrogens with one attached hydrogen (secondary N) is 1. The minimum Gasteiger partial charge on any atom is -0.497 e. The smallest absolute Gasteiger partial charge is 0.344 e. The monoisotopic (exact) mass is 288 g/mol. The number of aromatic nitrogens is 3. The Morgan fingerprint density at radius 1 is 1.55 bits per heavy atom. The van der Waals surface area contributed by atoms with Crippen molar-refractivity contribution in [2.24, 2.45) is 0 Å². The Labute approximate surface area is 119 Å². The van der Waals surface area contributed by atoms with E-state index in [0.717, 1.165) is 17.7 Å². The van der Waals surface area contributed by atoms with Crippen molar-refractivity contribution in [1.29, 1.82) is 5.26 Å². The molecule has 102 valence electrons. The maximum absolute atomic E-state index is 11.7. The third kappa shape index (κ3) is 2.30. The van der Waals surface area contributed by atoms with Crippen LogP contribution < -0.4 is 10.4 Å². The molecule has 1 aliphatic rings. The van der Waals surface area contributed by atoms with E-state index in [9.17, 15) is 4.79 Å². The first-order chi connectivity index (χ1) is 9.72. The number of H-pyrrole nitrogens is 1. The number of rotatable bonds is 4. The molecule has 0 radical (unpaired) electrons. The summed E-state index contributed by atoms with van der Waals surface area (Å²) in [5, 5.41) is 16.2. The molecule has 3 rings (SSSR count). The molecule has 6 nitrogen and oxygen atoms in total. The zero-order valence-corrected chi connectivity index (χ0v) is 11.6. The minimum atomic E-state index is -0.198. The Kier molecular flexibility index (Phi) is 3.24. The molecule has 20 heavy (non-hydrogen) atoms. The van der Waals surface area contributed by atoms with Gasteiger partial charge in [0.1, 0.15) is 11.8 Å². The number of nitrogens with zero attached hydrogens (tertiary/aromatic N) is 3. The third-order valence-corrected chi connectivity index (χ3v) is 4.12. The first-order valence-electron chi connectivity index (χ1n) is 6.16. The molecule has 1 aromatic heterocycles. The fraction of sp³-hybridized carbons (Fsp3) is 0.308. The van der Waals surface area contributed by atoms with Gasteiger partial charge in [-0.05, 0) is 42.8 Å². The third-order valence-electron chi connectivity index (χ3n) is 3.09. The molecule has 1 heterocycles. The van der Waals surface area contributed by atoms with E-state index in [0.29, 0.717) is 16.5 Å². The standard InChI is InChI=1S/C13H12N4O2S/c1-19-10-5-2-8(7-14)11(6-10)20-13-16-15-12(18)17(13)9-3-4-9/h2,5-6,9H,3-4H2,1H3,(H,15,18). The fourth-order valence-corrected chi connectivity index (χ4v) is 2.94. The van der Waals surface area contributed by atoms with E-state index in [1.54, 1.807) is 29.9 Å². The number of nitriles is 1. The molecule has 1 aliphatic carbocycles. The van der Waals surface area contributed by atoms with Gasteiger partial charge in [-0.3, -0.25) is 4.57 Å². The fourth-order valence-electron chi connectivity index (χ4n) is 1.92. The number of hydrogen-bond donors (Lipinski definition) is 1. The van der Waals surface area contributed by atoms with Crippen LogP contribution in [0.5, 0.6) is 5.75 Å². The Balaban J connectivity index is 1.99. The van der Waals surface area contributed by atoms with Gasteiger partial charge in [-0.25, -0.2) is 9.89 Å². The molecular weight excluding hydrogens is 276 g/mol. The first kappa shape index (κ1) is 12.8. The molecule has 7 heteroatoms. The summed E-state index contributed by atoms with van der Waals surface area (Å²) in [5.41, 5.74) is 0.338. The van der Waals surface area contributed by atoms with Crippen LogP contribution in [0.15, 0.2) is 33.0 Å². The molecular formula is C13H12N4O2S. The van der Waals surface area contributed by atoms with Crippen LogP contribution in [0.1, 0.15) is 24.4 Å². The minimum absolute atomic E-state index is 0.198. The Morgan fingerprint density at radius 3 is 3.00 bits per heavy atom. The number of aromatic amines is 1. The van der Waals surface area contributed by atoms with Crippen molar-refractivity contribution >= 4 is 11.8 Å². The van der Waals surface area contributed by atoms with E-state index in [1.165, 1.54) is 11.8 Å².